The molecule has 0 aliphatic rings. The fourth-order valence-electron chi connectivity index (χ4n) is 0.793. The van der Waals surface area contributed by atoms with Crippen LogP contribution < -0.4 is 0 Å². The van der Waals surface area contributed by atoms with Gasteiger partial charge in [-0.25, -0.2) is 0 Å². The smallest absolute Gasteiger partial charge is 0.0863 e. The minimum Gasteiger partial charge on any atom is -0.159 e. The van der Waals surface area contributed by atoms with Gasteiger partial charge >= 0.3 is 0 Å². The maximum absolute atomic E-state index is 7.38. The molecule has 1 rings (SSSR count). The van der Waals surface area contributed by atoms with Crippen molar-refractivity contribution in [1.82, 2.24) is 10.2 Å². The Morgan fingerprint density at radius 1 is 1.60 bits per heavy atom. The zero-order chi connectivity index (χ0) is 8.10. The molecule has 0 N–H and O–H groups in total. The van der Waals surface area contributed by atoms with E-state index in [-0.39, 0.29) is 0 Å². The second-order valence-corrected chi connectivity index (χ2v) is 2.27. The third-order valence-electron chi connectivity index (χ3n) is 1.39. The van der Waals surface area contributed by atoms with E-state index in [1.165, 1.54) is 0 Å². The summed E-state index contributed by atoms with van der Waals surface area (Å²) in [6.07, 6.45) is 5.19. The van der Waals surface area contributed by atoms with Gasteiger partial charge in [-0.1, -0.05) is 13.3 Å². The summed E-state index contributed by atoms with van der Waals surface area (Å²) in [5.74, 6) is 0. The molecular formula is C8H12N2. The van der Waals surface area contributed by atoms with E-state index in [9.17, 15) is 0 Å². The van der Waals surface area contributed by atoms with Crippen LogP contribution in [0.5, 0.6) is 0 Å². The Morgan fingerprint density at radius 3 is 3.20 bits per heavy atom. The number of hydrogen-bond donors (Lipinski definition) is 0. The van der Waals surface area contributed by atoms with Crippen molar-refractivity contribution in [2.75, 3.05) is 0 Å². The Morgan fingerprint density at radius 2 is 2.50 bits per heavy atom. The van der Waals surface area contributed by atoms with Crippen LogP contribution in [0.15, 0.2) is 18.4 Å². The molecule has 1 aromatic heterocycles. The summed E-state index contributed by atoms with van der Waals surface area (Å²) in [5.41, 5.74) is 1.00. The molecule has 0 aromatic carbocycles. The van der Waals surface area contributed by atoms with Crippen LogP contribution in [0.4, 0.5) is 0 Å². The number of aryl methyl sites for hydroxylation is 1. The molecule has 1 heterocycles. The van der Waals surface area contributed by atoms with Crippen molar-refractivity contribution in [3.63, 3.8) is 0 Å². The van der Waals surface area contributed by atoms with E-state index < -0.39 is 0 Å². The summed E-state index contributed by atoms with van der Waals surface area (Å²) < 4.78 is 7.38. The molecule has 0 atom stereocenters. The number of rotatable bonds is 3. The van der Waals surface area contributed by atoms with Crippen molar-refractivity contribution in [3.05, 3.63) is 24.0 Å². The zero-order valence-electron chi connectivity index (χ0n) is 7.17. The van der Waals surface area contributed by atoms with Crippen molar-refractivity contribution in [2.45, 2.75) is 26.2 Å². The molecule has 54 valence electrons. The molecule has 1 aromatic rings. The molecule has 0 amide bonds. The van der Waals surface area contributed by atoms with Crippen molar-refractivity contribution < 1.29 is 1.37 Å². The molecule has 0 aliphatic carbocycles. The summed E-state index contributed by atoms with van der Waals surface area (Å²) in [7, 11) is 0. The van der Waals surface area contributed by atoms with E-state index >= 15 is 0 Å². The molecule has 0 unspecified atom stereocenters. The Hall–Kier alpha value is -0.920. The molecule has 0 aliphatic heterocycles. The molecule has 0 bridgehead atoms. The zero-order valence-corrected chi connectivity index (χ0v) is 6.17. The van der Waals surface area contributed by atoms with E-state index in [4.69, 9.17) is 1.37 Å². The molecule has 0 saturated carbocycles. The highest BCUT2D eigenvalue weighted by molar-refractivity contribution is 5.04. The van der Waals surface area contributed by atoms with Gasteiger partial charge in [0.15, 0.2) is 0 Å². The molecule has 0 radical (unpaired) electrons. The highest BCUT2D eigenvalue weighted by Crippen LogP contribution is 2.00. The minimum atomic E-state index is 0.320. The molecule has 0 fully saturated rings. The lowest BCUT2D eigenvalue weighted by molar-refractivity contribution is 0.787. The van der Waals surface area contributed by atoms with Crippen LogP contribution in [0.1, 0.15) is 26.7 Å². The van der Waals surface area contributed by atoms with Gasteiger partial charge in [0.05, 0.1) is 7.54 Å². The third kappa shape index (κ3) is 2.13. The minimum absolute atomic E-state index is 0.320. The van der Waals surface area contributed by atoms with Gasteiger partial charge < -0.3 is 0 Å². The van der Waals surface area contributed by atoms with Crippen LogP contribution in [-0.4, -0.2) is 10.2 Å². The fraction of sp³-hybridized carbons (Fsp3) is 0.500. The molecule has 10 heavy (non-hydrogen) atoms. The Kier molecular flexibility index (Phi) is 2.33. The predicted octanol–water partition coefficient (Wildman–Crippen LogP) is 1.82. The van der Waals surface area contributed by atoms with Gasteiger partial charge in [-0.2, -0.15) is 10.2 Å². The maximum atomic E-state index is 7.38. The average Bonchev–Trinajstić information content (AvgIpc) is 2.03. The second kappa shape index (κ2) is 3.99. The SMILES string of the molecule is [2H]c1nnccc1CCCC. The maximum Gasteiger partial charge on any atom is 0.0863 e. The summed E-state index contributed by atoms with van der Waals surface area (Å²) in [6, 6.07) is 1.87. The molecular weight excluding hydrogens is 124 g/mol. The summed E-state index contributed by atoms with van der Waals surface area (Å²) in [4.78, 5) is 0. The normalized spacial score (nSPS) is 11.1. The monoisotopic (exact) mass is 137 g/mol. The van der Waals surface area contributed by atoms with Crippen LogP contribution in [0, 0.1) is 0 Å². The Labute approximate surface area is 62.7 Å². The van der Waals surface area contributed by atoms with E-state index in [1.807, 2.05) is 6.07 Å². The van der Waals surface area contributed by atoms with Crippen molar-refractivity contribution in [3.8, 4) is 0 Å². The first-order chi connectivity index (χ1) is 5.34. The van der Waals surface area contributed by atoms with Gasteiger partial charge in [-0.3, -0.25) is 0 Å². The van der Waals surface area contributed by atoms with E-state index in [1.54, 1.807) is 6.20 Å². The van der Waals surface area contributed by atoms with Crippen LogP contribution in [0.2, 0.25) is 0 Å². The van der Waals surface area contributed by atoms with Crippen molar-refractivity contribution in [1.29, 1.82) is 0 Å². The van der Waals surface area contributed by atoms with E-state index in [2.05, 4.69) is 17.1 Å². The standard InChI is InChI=1S/C8H12N2/c1-2-3-4-8-5-6-9-10-7-8/h5-7H,2-4H2,1H3/i7D. The van der Waals surface area contributed by atoms with Gasteiger partial charge in [-0.15, -0.1) is 0 Å². The molecule has 0 spiro atoms. The lowest BCUT2D eigenvalue weighted by Gasteiger charge is -1.94. The summed E-state index contributed by atoms with van der Waals surface area (Å²) in [6.45, 7) is 2.14. The number of nitrogens with zero attached hydrogens (tertiary/aromatic N) is 2. The molecule has 2 nitrogen and oxygen atoms in total. The van der Waals surface area contributed by atoms with Gasteiger partial charge in [0.25, 0.3) is 0 Å². The van der Waals surface area contributed by atoms with E-state index in [0.29, 0.717) is 6.17 Å². The predicted molar refractivity (Wildman–Crippen MR) is 40.6 cm³/mol. The largest absolute Gasteiger partial charge is 0.159 e. The Balaban J connectivity index is 2.62. The van der Waals surface area contributed by atoms with Crippen LogP contribution in [0.3, 0.4) is 0 Å². The summed E-state index contributed by atoms with van der Waals surface area (Å²) >= 11 is 0. The van der Waals surface area contributed by atoms with Gasteiger partial charge in [0, 0.05) is 6.20 Å². The van der Waals surface area contributed by atoms with Gasteiger partial charge in [0.1, 0.15) is 0 Å². The third-order valence-corrected chi connectivity index (χ3v) is 1.39. The number of aromatic nitrogens is 2. The molecule has 0 saturated heterocycles. The van der Waals surface area contributed by atoms with Crippen LogP contribution >= 0.6 is 0 Å². The van der Waals surface area contributed by atoms with Gasteiger partial charge in [-0.05, 0) is 24.5 Å². The quantitative estimate of drug-likeness (QED) is 0.635. The number of unbranched alkanes of at least 4 members (excludes halogenated alkanes) is 1. The van der Waals surface area contributed by atoms with Crippen molar-refractivity contribution in [2.24, 2.45) is 0 Å². The van der Waals surface area contributed by atoms with E-state index in [0.717, 1.165) is 24.8 Å². The highest BCUT2D eigenvalue weighted by atomic mass is 15.1. The topological polar surface area (TPSA) is 25.8 Å². The van der Waals surface area contributed by atoms with Gasteiger partial charge in [0.2, 0.25) is 0 Å². The lowest BCUT2D eigenvalue weighted by atomic mass is 10.1. The highest BCUT2D eigenvalue weighted by Gasteiger charge is 1.89. The lowest BCUT2D eigenvalue weighted by Crippen LogP contribution is -1.86. The first kappa shape index (κ1) is 5.83. The van der Waals surface area contributed by atoms with Crippen LogP contribution in [-0.2, 0) is 6.42 Å². The number of hydrogen-bond acceptors (Lipinski definition) is 2. The molecule has 2 heteroatoms. The summed E-state index contributed by atoms with van der Waals surface area (Å²) in [5, 5.41) is 7.26. The van der Waals surface area contributed by atoms with Crippen LogP contribution in [0.25, 0.3) is 0 Å². The second-order valence-electron chi connectivity index (χ2n) is 2.27. The Bertz CT molecular complexity index is 225. The van der Waals surface area contributed by atoms with Crippen molar-refractivity contribution >= 4 is 0 Å². The first-order valence-corrected chi connectivity index (χ1v) is 3.61. The fourth-order valence-corrected chi connectivity index (χ4v) is 0.793. The first-order valence-electron chi connectivity index (χ1n) is 4.11. The average molecular weight is 137 g/mol.